The van der Waals surface area contributed by atoms with Crippen LogP contribution in [0.4, 0.5) is 0 Å². The van der Waals surface area contributed by atoms with Crippen LogP contribution in [0.2, 0.25) is 0 Å². The molecule has 2 heteroatoms. The summed E-state index contributed by atoms with van der Waals surface area (Å²) >= 11 is 0. The van der Waals surface area contributed by atoms with Gasteiger partial charge in [-0.1, -0.05) is 123 Å². The fourth-order valence-corrected chi connectivity index (χ4v) is 3.87. The van der Waals surface area contributed by atoms with Gasteiger partial charge >= 0.3 is 0 Å². The lowest BCUT2D eigenvalue weighted by Gasteiger charge is -2.04. The minimum atomic E-state index is 0.740. The Morgan fingerprint density at radius 1 is 0.441 bits per heavy atom. The van der Waals surface area contributed by atoms with E-state index in [1.54, 1.807) is 0 Å². The van der Waals surface area contributed by atoms with Crippen molar-refractivity contribution in [3.05, 3.63) is 96.1 Å². The molecule has 0 unspecified atom stereocenters. The van der Waals surface area contributed by atoms with Crippen LogP contribution in [0.3, 0.4) is 0 Å². The van der Waals surface area contributed by atoms with Crippen molar-refractivity contribution in [3.8, 4) is 0 Å². The van der Waals surface area contributed by atoms with Gasteiger partial charge in [-0.15, -0.1) is 0 Å². The minimum absolute atomic E-state index is 0.740. The molecule has 0 heterocycles. The average molecular weight is 463 g/mol. The van der Waals surface area contributed by atoms with Gasteiger partial charge in [-0.2, -0.15) is 0 Å². The topological polar surface area (TPSA) is 18.5 Å². The maximum Gasteiger partial charge on any atom is 0.0716 e. The number of allylic oxidation sites excluding steroid dienone is 4. The number of benzene rings is 2. The molecule has 34 heavy (non-hydrogen) atoms. The van der Waals surface area contributed by atoms with E-state index >= 15 is 0 Å². The molecule has 0 fully saturated rings. The van der Waals surface area contributed by atoms with Gasteiger partial charge in [0.25, 0.3) is 0 Å². The maximum absolute atomic E-state index is 5.74. The quantitative estimate of drug-likeness (QED) is 0.136. The summed E-state index contributed by atoms with van der Waals surface area (Å²) in [5.41, 5.74) is 2.53. The molecule has 0 N–H and O–H groups in total. The van der Waals surface area contributed by atoms with Gasteiger partial charge in [0.1, 0.15) is 0 Å². The van der Waals surface area contributed by atoms with Gasteiger partial charge in [0, 0.05) is 13.2 Å². The van der Waals surface area contributed by atoms with Crippen LogP contribution in [0.5, 0.6) is 0 Å². The largest absolute Gasteiger partial charge is 0.377 e. The predicted molar refractivity (Wildman–Crippen MR) is 146 cm³/mol. The number of unbranched alkanes of at least 4 members (excludes halogenated alkanes) is 10. The first-order valence-electron chi connectivity index (χ1n) is 13.5. The van der Waals surface area contributed by atoms with E-state index < -0.39 is 0 Å². The molecule has 0 atom stereocenters. The first-order chi connectivity index (χ1) is 16.9. The Kier molecular flexibility index (Phi) is 17.7. The lowest BCUT2D eigenvalue weighted by molar-refractivity contribution is 0.116. The summed E-state index contributed by atoms with van der Waals surface area (Å²) in [5.74, 6) is 0. The smallest absolute Gasteiger partial charge is 0.0716 e. The first kappa shape index (κ1) is 28.1. The molecular formula is C32H46O2. The summed E-state index contributed by atoms with van der Waals surface area (Å²) in [6.07, 6.45) is 24.2. The molecule has 0 aliphatic heterocycles. The molecule has 2 aromatic carbocycles. The fourth-order valence-electron chi connectivity index (χ4n) is 3.87. The minimum Gasteiger partial charge on any atom is -0.377 e. The second-order valence-electron chi connectivity index (χ2n) is 9.05. The highest BCUT2D eigenvalue weighted by atomic mass is 16.5. The lowest BCUT2D eigenvalue weighted by atomic mass is 10.1. The maximum atomic E-state index is 5.74. The van der Waals surface area contributed by atoms with E-state index in [2.05, 4.69) is 72.8 Å². The molecule has 186 valence electrons. The molecule has 0 saturated carbocycles. The molecule has 2 nitrogen and oxygen atoms in total. The van der Waals surface area contributed by atoms with Crippen molar-refractivity contribution in [3.63, 3.8) is 0 Å². The highest BCUT2D eigenvalue weighted by Crippen LogP contribution is 2.09. The van der Waals surface area contributed by atoms with Gasteiger partial charge in [0.05, 0.1) is 13.2 Å². The number of ether oxygens (including phenoxy) is 2. The van der Waals surface area contributed by atoms with E-state index in [1.807, 2.05) is 12.1 Å². The summed E-state index contributed by atoms with van der Waals surface area (Å²) in [5, 5.41) is 0. The highest BCUT2D eigenvalue weighted by molar-refractivity contribution is 5.14. The summed E-state index contributed by atoms with van der Waals surface area (Å²) < 4.78 is 11.5. The van der Waals surface area contributed by atoms with Crippen molar-refractivity contribution in [1.29, 1.82) is 0 Å². The van der Waals surface area contributed by atoms with E-state index in [0.717, 1.165) is 26.4 Å². The second-order valence-corrected chi connectivity index (χ2v) is 9.05. The zero-order chi connectivity index (χ0) is 23.8. The van der Waals surface area contributed by atoms with Crippen molar-refractivity contribution >= 4 is 0 Å². The van der Waals surface area contributed by atoms with Gasteiger partial charge in [-0.3, -0.25) is 0 Å². The Labute approximate surface area is 209 Å². The number of rotatable bonds is 21. The Morgan fingerprint density at radius 2 is 0.824 bits per heavy atom. The molecule has 0 spiro atoms. The van der Waals surface area contributed by atoms with Gasteiger partial charge in [-0.25, -0.2) is 0 Å². The van der Waals surface area contributed by atoms with Crippen molar-refractivity contribution in [2.75, 3.05) is 13.2 Å². The van der Waals surface area contributed by atoms with Crippen LogP contribution in [0.15, 0.2) is 85.0 Å². The van der Waals surface area contributed by atoms with Gasteiger partial charge in [-0.05, 0) is 49.7 Å². The number of hydrogen-bond acceptors (Lipinski definition) is 2. The molecule has 0 saturated heterocycles. The van der Waals surface area contributed by atoms with E-state index in [4.69, 9.17) is 9.47 Å². The van der Waals surface area contributed by atoms with Crippen LogP contribution in [0, 0.1) is 0 Å². The molecule has 0 radical (unpaired) electrons. The summed E-state index contributed by atoms with van der Waals surface area (Å²) in [7, 11) is 0. The SMILES string of the molecule is C(/C=C\CCCCCCCOCc1ccccc1)=C/CCCCCCCOCc1ccccc1. The van der Waals surface area contributed by atoms with Crippen LogP contribution in [0.25, 0.3) is 0 Å². The van der Waals surface area contributed by atoms with Crippen LogP contribution in [-0.2, 0) is 22.7 Å². The van der Waals surface area contributed by atoms with Crippen molar-refractivity contribution in [1.82, 2.24) is 0 Å². The van der Waals surface area contributed by atoms with Crippen LogP contribution in [-0.4, -0.2) is 13.2 Å². The van der Waals surface area contributed by atoms with Gasteiger partial charge < -0.3 is 9.47 Å². The Balaban J connectivity index is 1.25. The lowest BCUT2D eigenvalue weighted by Crippen LogP contribution is -1.95. The summed E-state index contributed by atoms with van der Waals surface area (Å²) in [4.78, 5) is 0. The average Bonchev–Trinajstić information content (AvgIpc) is 2.88. The monoisotopic (exact) mass is 462 g/mol. The van der Waals surface area contributed by atoms with Gasteiger partial charge in [0.15, 0.2) is 0 Å². The highest BCUT2D eigenvalue weighted by Gasteiger charge is 1.94. The van der Waals surface area contributed by atoms with E-state index in [9.17, 15) is 0 Å². The molecule has 0 aromatic heterocycles. The third kappa shape index (κ3) is 16.5. The number of hydrogen-bond donors (Lipinski definition) is 0. The molecular weight excluding hydrogens is 416 g/mol. The van der Waals surface area contributed by atoms with Crippen molar-refractivity contribution < 1.29 is 9.47 Å². The standard InChI is InChI=1S/C32H46O2/c1(3-5-7-9-11-13-21-27-33-29-31-23-17-15-18-24-31)2-4-6-8-10-12-14-22-28-34-30-32-25-19-16-20-26-32/h1-4,15-20,23-26H,5-14,21-22,27-30H2/b3-1-,4-2-. The van der Waals surface area contributed by atoms with E-state index in [1.165, 1.54) is 88.2 Å². The van der Waals surface area contributed by atoms with E-state index in [0.29, 0.717) is 0 Å². The van der Waals surface area contributed by atoms with Crippen LogP contribution >= 0.6 is 0 Å². The predicted octanol–water partition coefficient (Wildman–Crippen LogP) is 9.21. The summed E-state index contributed by atoms with van der Waals surface area (Å²) in [6.45, 7) is 3.24. The summed E-state index contributed by atoms with van der Waals surface area (Å²) in [6, 6.07) is 20.8. The molecule has 2 aromatic rings. The Morgan fingerprint density at radius 3 is 1.26 bits per heavy atom. The Bertz CT molecular complexity index is 671. The normalized spacial score (nSPS) is 11.6. The van der Waals surface area contributed by atoms with Crippen molar-refractivity contribution in [2.45, 2.75) is 90.3 Å². The molecule has 2 rings (SSSR count). The Hall–Kier alpha value is -2.16. The fraction of sp³-hybridized carbons (Fsp3) is 0.500. The zero-order valence-corrected chi connectivity index (χ0v) is 21.2. The molecule has 0 aliphatic rings. The third-order valence-corrected chi connectivity index (χ3v) is 5.93. The van der Waals surface area contributed by atoms with Gasteiger partial charge in [0.2, 0.25) is 0 Å². The molecule has 0 aliphatic carbocycles. The second kappa shape index (κ2) is 21.4. The van der Waals surface area contributed by atoms with Crippen LogP contribution in [0.1, 0.15) is 88.2 Å². The zero-order valence-electron chi connectivity index (χ0n) is 21.2. The molecule has 0 amide bonds. The van der Waals surface area contributed by atoms with Crippen molar-refractivity contribution in [2.24, 2.45) is 0 Å². The third-order valence-electron chi connectivity index (χ3n) is 5.93. The van der Waals surface area contributed by atoms with E-state index in [-0.39, 0.29) is 0 Å². The molecule has 0 bridgehead atoms. The van der Waals surface area contributed by atoms with Crippen LogP contribution < -0.4 is 0 Å². The first-order valence-corrected chi connectivity index (χ1v) is 13.5.